The zero-order chi connectivity index (χ0) is 22.3. The van der Waals surface area contributed by atoms with Crippen LogP contribution in [-0.2, 0) is 4.74 Å². The molecule has 1 amide bonds. The monoisotopic (exact) mass is 454 g/mol. The number of carbonyl (C=O) groups excluding carboxylic acids is 1. The van der Waals surface area contributed by atoms with Crippen LogP contribution in [0.3, 0.4) is 0 Å². The number of anilines is 2. The van der Waals surface area contributed by atoms with Crippen molar-refractivity contribution in [2.75, 3.05) is 19.0 Å². The van der Waals surface area contributed by atoms with Gasteiger partial charge in [-0.1, -0.05) is 23.7 Å². The summed E-state index contributed by atoms with van der Waals surface area (Å²) in [6.45, 7) is 0.771. The van der Waals surface area contributed by atoms with Crippen LogP contribution in [0.2, 0.25) is 5.15 Å². The van der Waals surface area contributed by atoms with Crippen LogP contribution < -0.4 is 15.8 Å². The molecule has 1 unspecified atom stereocenters. The number of halogens is 1. The number of aromatic nitrogens is 4. The Labute approximate surface area is 189 Å². The zero-order valence-corrected chi connectivity index (χ0v) is 18.3. The number of primary amides is 1. The Kier molecular flexibility index (Phi) is 5.22. The Morgan fingerprint density at radius 2 is 2.19 bits per heavy atom. The Balaban J connectivity index is 1.46. The summed E-state index contributed by atoms with van der Waals surface area (Å²) < 4.78 is 13.7. The van der Waals surface area contributed by atoms with Gasteiger partial charge in [-0.05, 0) is 31.7 Å². The molecule has 1 aromatic carbocycles. The molecule has 1 aliphatic heterocycles. The van der Waals surface area contributed by atoms with E-state index in [0.29, 0.717) is 23.2 Å². The summed E-state index contributed by atoms with van der Waals surface area (Å²) in [7, 11) is 1.59. The number of nitrogens with two attached hydrogens (primary N) is 1. The number of rotatable bonds is 6. The van der Waals surface area contributed by atoms with Crippen molar-refractivity contribution >= 4 is 28.9 Å². The molecule has 1 aliphatic carbocycles. The van der Waals surface area contributed by atoms with E-state index in [1.54, 1.807) is 7.11 Å². The molecule has 0 bridgehead atoms. The van der Waals surface area contributed by atoms with Gasteiger partial charge in [-0.25, -0.2) is 0 Å². The maximum absolute atomic E-state index is 11.8. The molecule has 9 nitrogen and oxygen atoms in total. The normalized spacial score (nSPS) is 19.0. The van der Waals surface area contributed by atoms with Gasteiger partial charge in [0.1, 0.15) is 5.75 Å². The number of nitrogens with zero attached hydrogens (tertiary/aromatic N) is 4. The maximum atomic E-state index is 11.8. The van der Waals surface area contributed by atoms with Crippen molar-refractivity contribution in [1.82, 2.24) is 20.0 Å². The van der Waals surface area contributed by atoms with Gasteiger partial charge in [0.15, 0.2) is 10.8 Å². The van der Waals surface area contributed by atoms with E-state index < -0.39 is 5.91 Å². The van der Waals surface area contributed by atoms with Crippen LogP contribution >= 0.6 is 11.6 Å². The average molecular weight is 455 g/mol. The minimum atomic E-state index is -0.710. The summed E-state index contributed by atoms with van der Waals surface area (Å²) in [4.78, 5) is 11.8. The topological polar surface area (TPSA) is 117 Å². The summed E-state index contributed by atoms with van der Waals surface area (Å²) in [6, 6.07) is 7.52. The van der Waals surface area contributed by atoms with E-state index >= 15 is 0 Å². The number of hydrogen-bond acceptors (Lipinski definition) is 7. The lowest BCUT2D eigenvalue weighted by Gasteiger charge is -2.29. The summed E-state index contributed by atoms with van der Waals surface area (Å²) in [5, 5.41) is 15.4. The van der Waals surface area contributed by atoms with Crippen LogP contribution in [0.4, 0.5) is 11.4 Å². The number of methoxy groups -OCH3 is 1. The first-order valence-electron chi connectivity index (χ1n) is 10.4. The average Bonchev–Trinajstić information content (AvgIpc) is 3.33. The standard InChI is InChI=1S/C22H23ClN6O3/c1-31-20-15(13-11-25-29(12-13)14-5-8-32-22(10-14)6-7-22)3-2-4-16(20)26-17-9-18(23)27-28-19(17)21(24)30/h2-4,9,11-12,14H,5-8,10H2,1H3,(H2,24,30)(H,26,27). The molecule has 2 fully saturated rings. The highest BCUT2D eigenvalue weighted by atomic mass is 35.5. The summed E-state index contributed by atoms with van der Waals surface area (Å²) >= 11 is 5.97. The third kappa shape index (κ3) is 3.89. The fourth-order valence-electron chi connectivity index (χ4n) is 4.27. The maximum Gasteiger partial charge on any atom is 0.271 e. The van der Waals surface area contributed by atoms with Crippen LogP contribution in [0.1, 0.15) is 42.2 Å². The van der Waals surface area contributed by atoms with E-state index in [1.807, 2.05) is 35.3 Å². The minimum Gasteiger partial charge on any atom is -0.494 e. The first kappa shape index (κ1) is 20.7. The van der Waals surface area contributed by atoms with E-state index in [9.17, 15) is 4.79 Å². The molecule has 1 spiro atoms. The lowest BCUT2D eigenvalue weighted by Crippen LogP contribution is -2.29. The Morgan fingerprint density at radius 3 is 2.94 bits per heavy atom. The first-order valence-corrected chi connectivity index (χ1v) is 10.8. The van der Waals surface area contributed by atoms with Crippen LogP contribution in [-0.4, -0.2) is 45.2 Å². The summed E-state index contributed by atoms with van der Waals surface area (Å²) in [5.74, 6) is -0.112. The van der Waals surface area contributed by atoms with Crippen LogP contribution in [0.5, 0.6) is 5.75 Å². The molecule has 1 atom stereocenters. The van der Waals surface area contributed by atoms with Gasteiger partial charge in [-0.3, -0.25) is 9.48 Å². The molecule has 5 rings (SSSR count). The molecular weight excluding hydrogens is 432 g/mol. The van der Waals surface area contributed by atoms with Crippen LogP contribution in [0.15, 0.2) is 36.7 Å². The molecule has 3 aromatic rings. The summed E-state index contributed by atoms with van der Waals surface area (Å²) in [6.07, 6.45) is 8.12. The van der Waals surface area contributed by atoms with Crippen molar-refractivity contribution in [3.8, 4) is 16.9 Å². The van der Waals surface area contributed by atoms with Gasteiger partial charge in [-0.2, -0.15) is 5.10 Å². The third-order valence-electron chi connectivity index (χ3n) is 6.05. The molecular formula is C22H23ClN6O3. The van der Waals surface area contributed by atoms with Gasteiger partial charge in [0.25, 0.3) is 5.91 Å². The second kappa shape index (κ2) is 8.07. The SMILES string of the molecule is COc1c(Nc2cc(Cl)nnc2C(N)=O)cccc1-c1cnn(C2CCOC3(CC3)C2)c1. The van der Waals surface area contributed by atoms with Gasteiger partial charge in [0.2, 0.25) is 0 Å². The molecule has 1 saturated carbocycles. The van der Waals surface area contributed by atoms with Gasteiger partial charge < -0.3 is 20.5 Å². The fraction of sp³-hybridized carbons (Fsp3) is 0.364. The second-order valence-corrected chi connectivity index (χ2v) is 8.58. The number of para-hydroxylation sites is 1. The van der Waals surface area contributed by atoms with Crippen molar-refractivity contribution in [2.24, 2.45) is 5.73 Å². The lowest BCUT2D eigenvalue weighted by atomic mass is 10.0. The largest absolute Gasteiger partial charge is 0.494 e. The van der Waals surface area contributed by atoms with Crippen molar-refractivity contribution in [3.05, 3.63) is 47.5 Å². The number of carbonyl (C=O) groups is 1. The predicted molar refractivity (Wildman–Crippen MR) is 119 cm³/mol. The molecule has 3 heterocycles. The highest BCUT2D eigenvalue weighted by Gasteiger charge is 2.48. The molecule has 0 radical (unpaired) electrons. The number of hydrogen-bond donors (Lipinski definition) is 2. The van der Waals surface area contributed by atoms with Gasteiger partial charge in [0.05, 0.1) is 36.3 Å². The zero-order valence-electron chi connectivity index (χ0n) is 17.5. The quantitative estimate of drug-likeness (QED) is 0.582. The molecule has 2 aliphatic rings. The van der Waals surface area contributed by atoms with E-state index in [4.69, 9.17) is 26.8 Å². The third-order valence-corrected chi connectivity index (χ3v) is 6.23. The van der Waals surface area contributed by atoms with Crippen molar-refractivity contribution < 1.29 is 14.3 Å². The van der Waals surface area contributed by atoms with Crippen molar-refractivity contribution in [3.63, 3.8) is 0 Å². The second-order valence-electron chi connectivity index (χ2n) is 8.19. The molecule has 166 valence electrons. The van der Waals surface area contributed by atoms with E-state index in [0.717, 1.165) is 43.4 Å². The van der Waals surface area contributed by atoms with Gasteiger partial charge >= 0.3 is 0 Å². The Hall–Kier alpha value is -3.17. The Morgan fingerprint density at radius 1 is 1.34 bits per heavy atom. The predicted octanol–water partition coefficient (Wildman–Crippen LogP) is 3.73. The molecule has 10 heteroatoms. The van der Waals surface area contributed by atoms with Crippen molar-refractivity contribution in [1.29, 1.82) is 0 Å². The van der Waals surface area contributed by atoms with Crippen LogP contribution in [0.25, 0.3) is 11.1 Å². The fourth-order valence-corrected chi connectivity index (χ4v) is 4.41. The molecule has 1 saturated heterocycles. The number of amides is 1. The van der Waals surface area contributed by atoms with Gasteiger partial charge in [0, 0.05) is 30.0 Å². The number of benzene rings is 1. The minimum absolute atomic E-state index is 0.0109. The van der Waals surface area contributed by atoms with E-state index in [2.05, 4.69) is 20.6 Å². The summed E-state index contributed by atoms with van der Waals surface area (Å²) in [5.41, 5.74) is 8.28. The molecule has 32 heavy (non-hydrogen) atoms. The first-order chi connectivity index (χ1) is 15.5. The molecule has 2 aromatic heterocycles. The number of nitrogens with one attached hydrogen (secondary N) is 1. The van der Waals surface area contributed by atoms with E-state index in [1.165, 1.54) is 6.07 Å². The smallest absolute Gasteiger partial charge is 0.271 e. The van der Waals surface area contributed by atoms with Crippen molar-refractivity contribution in [2.45, 2.75) is 37.3 Å². The van der Waals surface area contributed by atoms with E-state index in [-0.39, 0.29) is 16.4 Å². The highest BCUT2D eigenvalue weighted by Crippen LogP contribution is 2.49. The molecule has 3 N–H and O–H groups in total. The lowest BCUT2D eigenvalue weighted by molar-refractivity contribution is -0.0269. The number of ether oxygens (including phenoxy) is 2. The highest BCUT2D eigenvalue weighted by molar-refractivity contribution is 6.29. The van der Waals surface area contributed by atoms with Gasteiger partial charge in [-0.15, -0.1) is 10.2 Å². The Bertz CT molecular complexity index is 1180. The van der Waals surface area contributed by atoms with Crippen LogP contribution in [0, 0.1) is 0 Å².